The van der Waals surface area contributed by atoms with E-state index in [1.54, 1.807) is 12.1 Å². The molecule has 17 heavy (non-hydrogen) atoms. The zero-order chi connectivity index (χ0) is 12.4. The zero-order valence-corrected chi connectivity index (χ0v) is 9.43. The lowest BCUT2D eigenvalue weighted by atomic mass is 10.1. The maximum atomic E-state index is 10.6. The van der Waals surface area contributed by atoms with Gasteiger partial charge in [0, 0.05) is 24.3 Å². The van der Waals surface area contributed by atoms with Gasteiger partial charge in [0.1, 0.15) is 5.69 Å². The fourth-order valence-electron chi connectivity index (χ4n) is 1.89. The number of anilines is 2. The van der Waals surface area contributed by atoms with Crippen LogP contribution >= 0.6 is 0 Å². The van der Waals surface area contributed by atoms with Crippen molar-refractivity contribution >= 4 is 17.1 Å². The summed E-state index contributed by atoms with van der Waals surface area (Å²) in [5.41, 5.74) is 12.2. The van der Waals surface area contributed by atoms with E-state index in [1.165, 1.54) is 18.9 Å². The van der Waals surface area contributed by atoms with Gasteiger partial charge in [-0.15, -0.1) is 0 Å². The lowest BCUT2D eigenvalue weighted by molar-refractivity contribution is -0.383. The fraction of sp³-hybridized carbons (Fsp3) is 0.455. The third kappa shape index (κ3) is 2.65. The van der Waals surface area contributed by atoms with Crippen LogP contribution in [-0.4, -0.2) is 17.5 Å². The first-order valence-electron chi connectivity index (χ1n) is 5.62. The first-order chi connectivity index (χ1) is 8.11. The molecule has 0 aliphatic heterocycles. The third-order valence-corrected chi connectivity index (χ3v) is 3.02. The molecule has 0 amide bonds. The number of hydrogen-bond donors (Lipinski definition) is 3. The molecule has 6 heteroatoms. The van der Waals surface area contributed by atoms with Crippen LogP contribution in [0.3, 0.4) is 0 Å². The minimum Gasteiger partial charge on any atom is -0.393 e. The van der Waals surface area contributed by atoms with Gasteiger partial charge in [-0.05, 0) is 30.9 Å². The molecule has 1 atom stereocenters. The molecule has 0 aromatic heterocycles. The molecule has 1 fully saturated rings. The highest BCUT2D eigenvalue weighted by Crippen LogP contribution is 2.34. The van der Waals surface area contributed by atoms with Crippen molar-refractivity contribution in [1.29, 1.82) is 0 Å². The normalized spacial score (nSPS) is 16.5. The van der Waals surface area contributed by atoms with E-state index in [0.717, 1.165) is 5.69 Å². The molecule has 0 bridgehead atoms. The summed E-state index contributed by atoms with van der Waals surface area (Å²) in [5.74, 6) is 0.622. The fourth-order valence-corrected chi connectivity index (χ4v) is 1.89. The van der Waals surface area contributed by atoms with Gasteiger partial charge in [-0.25, -0.2) is 0 Å². The number of rotatable bonds is 5. The Balaban J connectivity index is 2.11. The van der Waals surface area contributed by atoms with E-state index >= 15 is 0 Å². The standard InChI is InChI=1S/C11H16N4O2/c12-6-10(7-1-2-7)14-8-3-4-11(15(16)17)9(13)5-8/h3-5,7,10,14H,1-2,6,12-13H2. The quantitative estimate of drug-likeness (QED) is 0.406. The lowest BCUT2D eigenvalue weighted by Crippen LogP contribution is -2.30. The van der Waals surface area contributed by atoms with E-state index in [2.05, 4.69) is 5.32 Å². The predicted molar refractivity (Wildman–Crippen MR) is 66.7 cm³/mol. The summed E-state index contributed by atoms with van der Waals surface area (Å²) in [4.78, 5) is 10.1. The smallest absolute Gasteiger partial charge is 0.292 e. The van der Waals surface area contributed by atoms with Crippen molar-refractivity contribution in [3.05, 3.63) is 28.3 Å². The molecule has 0 spiro atoms. The largest absolute Gasteiger partial charge is 0.393 e. The maximum absolute atomic E-state index is 10.6. The van der Waals surface area contributed by atoms with Crippen molar-refractivity contribution in [3.8, 4) is 0 Å². The molecule has 6 nitrogen and oxygen atoms in total. The first kappa shape index (κ1) is 11.7. The average molecular weight is 236 g/mol. The Hall–Kier alpha value is -1.82. The molecular formula is C11H16N4O2. The number of hydrogen-bond acceptors (Lipinski definition) is 5. The highest BCUT2D eigenvalue weighted by Gasteiger charge is 2.30. The van der Waals surface area contributed by atoms with Gasteiger partial charge in [0.15, 0.2) is 0 Å². The number of nitrogens with zero attached hydrogens (tertiary/aromatic N) is 1. The van der Waals surface area contributed by atoms with Crippen molar-refractivity contribution < 1.29 is 4.92 Å². The zero-order valence-electron chi connectivity index (χ0n) is 9.43. The molecule has 5 N–H and O–H groups in total. The van der Waals surface area contributed by atoms with Gasteiger partial charge in [0.2, 0.25) is 0 Å². The summed E-state index contributed by atoms with van der Waals surface area (Å²) < 4.78 is 0. The van der Waals surface area contributed by atoms with Crippen LogP contribution in [-0.2, 0) is 0 Å². The highest BCUT2D eigenvalue weighted by molar-refractivity contribution is 5.66. The molecule has 1 saturated carbocycles. The van der Waals surface area contributed by atoms with Gasteiger partial charge in [-0.3, -0.25) is 10.1 Å². The Morgan fingerprint density at radius 1 is 1.53 bits per heavy atom. The number of nitrogens with one attached hydrogen (secondary N) is 1. The molecule has 1 aromatic rings. The minimum atomic E-state index is -0.486. The van der Waals surface area contributed by atoms with E-state index < -0.39 is 4.92 Å². The first-order valence-corrected chi connectivity index (χ1v) is 5.62. The summed E-state index contributed by atoms with van der Waals surface area (Å²) >= 11 is 0. The van der Waals surface area contributed by atoms with Crippen molar-refractivity contribution in [2.45, 2.75) is 18.9 Å². The molecule has 0 heterocycles. The van der Waals surface area contributed by atoms with Gasteiger partial charge < -0.3 is 16.8 Å². The molecule has 1 aliphatic rings. The van der Waals surface area contributed by atoms with E-state index in [1.807, 2.05) is 0 Å². The Kier molecular flexibility index (Phi) is 3.14. The second kappa shape index (κ2) is 4.58. The summed E-state index contributed by atoms with van der Waals surface area (Å²) in [6, 6.07) is 4.90. The minimum absolute atomic E-state index is 0.0636. The second-order valence-corrected chi connectivity index (χ2v) is 4.35. The summed E-state index contributed by atoms with van der Waals surface area (Å²) in [6.07, 6.45) is 2.38. The van der Waals surface area contributed by atoms with Crippen molar-refractivity contribution in [2.24, 2.45) is 11.7 Å². The Bertz CT molecular complexity index is 431. The lowest BCUT2D eigenvalue weighted by Gasteiger charge is -2.17. The van der Waals surface area contributed by atoms with Crippen LogP contribution in [0.15, 0.2) is 18.2 Å². The molecule has 1 unspecified atom stereocenters. The second-order valence-electron chi connectivity index (χ2n) is 4.35. The summed E-state index contributed by atoms with van der Waals surface area (Å²) in [6.45, 7) is 0.557. The monoisotopic (exact) mass is 236 g/mol. The summed E-state index contributed by atoms with van der Waals surface area (Å²) in [7, 11) is 0. The average Bonchev–Trinajstić information content (AvgIpc) is 3.09. The Morgan fingerprint density at radius 3 is 2.71 bits per heavy atom. The molecule has 1 aliphatic carbocycles. The number of benzene rings is 1. The topological polar surface area (TPSA) is 107 Å². The predicted octanol–water partition coefficient (Wildman–Crippen LogP) is 1.33. The molecule has 92 valence electrons. The van der Waals surface area contributed by atoms with Crippen LogP contribution in [0.4, 0.5) is 17.1 Å². The van der Waals surface area contributed by atoms with E-state index in [9.17, 15) is 10.1 Å². The van der Waals surface area contributed by atoms with E-state index in [-0.39, 0.29) is 17.4 Å². The maximum Gasteiger partial charge on any atom is 0.292 e. The number of nitro benzene ring substituents is 1. The number of nitrogens with two attached hydrogens (primary N) is 2. The van der Waals surface area contributed by atoms with Crippen molar-refractivity contribution in [2.75, 3.05) is 17.6 Å². The van der Waals surface area contributed by atoms with Crippen LogP contribution in [0.5, 0.6) is 0 Å². The van der Waals surface area contributed by atoms with Crippen molar-refractivity contribution in [1.82, 2.24) is 0 Å². The Labute approximate surface area is 99.1 Å². The van der Waals surface area contributed by atoms with Crippen LogP contribution < -0.4 is 16.8 Å². The van der Waals surface area contributed by atoms with Crippen LogP contribution in [0.25, 0.3) is 0 Å². The molecule has 0 saturated heterocycles. The van der Waals surface area contributed by atoms with Crippen molar-refractivity contribution in [3.63, 3.8) is 0 Å². The van der Waals surface area contributed by atoms with Gasteiger partial charge in [-0.2, -0.15) is 0 Å². The number of nitrogen functional groups attached to an aromatic ring is 1. The highest BCUT2D eigenvalue weighted by atomic mass is 16.6. The number of nitro groups is 1. The van der Waals surface area contributed by atoms with Crippen LogP contribution in [0, 0.1) is 16.0 Å². The van der Waals surface area contributed by atoms with Gasteiger partial charge in [0.25, 0.3) is 5.69 Å². The molecule has 2 rings (SSSR count). The van der Waals surface area contributed by atoms with E-state index in [0.29, 0.717) is 12.5 Å². The molecule has 0 radical (unpaired) electrons. The SMILES string of the molecule is NCC(Nc1ccc([N+](=O)[O-])c(N)c1)C1CC1. The molecule has 1 aromatic carbocycles. The molecular weight excluding hydrogens is 220 g/mol. The third-order valence-electron chi connectivity index (χ3n) is 3.02. The summed E-state index contributed by atoms with van der Waals surface area (Å²) in [5, 5.41) is 13.9. The van der Waals surface area contributed by atoms with Crippen LogP contribution in [0.2, 0.25) is 0 Å². The van der Waals surface area contributed by atoms with Gasteiger partial charge >= 0.3 is 0 Å². The van der Waals surface area contributed by atoms with Crippen LogP contribution in [0.1, 0.15) is 12.8 Å². The Morgan fingerprint density at radius 2 is 2.24 bits per heavy atom. The van der Waals surface area contributed by atoms with Gasteiger partial charge in [0.05, 0.1) is 4.92 Å². The van der Waals surface area contributed by atoms with Gasteiger partial charge in [-0.1, -0.05) is 0 Å². The van der Waals surface area contributed by atoms with E-state index in [4.69, 9.17) is 11.5 Å².